The van der Waals surface area contributed by atoms with Gasteiger partial charge in [0.2, 0.25) is 17.7 Å². The number of aromatic nitrogens is 1. The second-order valence-corrected chi connectivity index (χ2v) is 6.18. The van der Waals surface area contributed by atoms with Crippen molar-refractivity contribution in [1.82, 2.24) is 15.6 Å². The molecule has 0 atom stereocenters. The van der Waals surface area contributed by atoms with Crippen LogP contribution >= 0.6 is 0 Å². The fraction of sp³-hybridized carbons (Fsp3) is 0.611. The largest absolute Gasteiger partial charge is 0.474 e. The van der Waals surface area contributed by atoms with E-state index in [2.05, 4.69) is 15.6 Å². The number of amides is 2. The molecule has 1 aliphatic carbocycles. The van der Waals surface area contributed by atoms with Crippen LogP contribution in [0.15, 0.2) is 18.3 Å². The van der Waals surface area contributed by atoms with E-state index in [0.29, 0.717) is 18.8 Å². The Morgan fingerprint density at radius 2 is 2.00 bits per heavy atom. The lowest BCUT2D eigenvalue weighted by atomic mass is 9.98. The quantitative estimate of drug-likeness (QED) is 0.765. The van der Waals surface area contributed by atoms with E-state index in [4.69, 9.17) is 4.74 Å². The normalized spacial score (nSPS) is 14.9. The van der Waals surface area contributed by atoms with E-state index >= 15 is 0 Å². The predicted molar refractivity (Wildman–Crippen MR) is 91.5 cm³/mol. The van der Waals surface area contributed by atoms with Crippen LogP contribution in [0.5, 0.6) is 5.88 Å². The van der Waals surface area contributed by atoms with Crippen molar-refractivity contribution >= 4 is 11.8 Å². The third kappa shape index (κ3) is 6.56. The Hall–Kier alpha value is -2.11. The average molecular weight is 333 g/mol. The molecule has 1 heterocycles. The topological polar surface area (TPSA) is 80.3 Å². The number of carbonyl (C=O) groups is 2. The number of rotatable bonds is 8. The van der Waals surface area contributed by atoms with Gasteiger partial charge < -0.3 is 15.4 Å². The number of hydrogen-bond acceptors (Lipinski definition) is 4. The first-order chi connectivity index (χ1) is 11.7. The molecular formula is C18H27N3O3. The standard InChI is InChI=1S/C18H27N3O3/c1-2-6-16(22)21-13-17(23)20-12-14-9-10-19-18(11-14)24-15-7-4-3-5-8-15/h9-11,15H,2-8,12-13H2,1H3,(H,20,23)(H,21,22). The van der Waals surface area contributed by atoms with Gasteiger partial charge in [-0.2, -0.15) is 0 Å². The summed E-state index contributed by atoms with van der Waals surface area (Å²) in [4.78, 5) is 27.3. The highest BCUT2D eigenvalue weighted by molar-refractivity contribution is 5.84. The molecule has 6 nitrogen and oxygen atoms in total. The highest BCUT2D eigenvalue weighted by atomic mass is 16.5. The van der Waals surface area contributed by atoms with Crippen LogP contribution < -0.4 is 15.4 Å². The van der Waals surface area contributed by atoms with Crippen molar-refractivity contribution in [2.75, 3.05) is 6.54 Å². The third-order valence-corrected chi connectivity index (χ3v) is 4.05. The Bertz CT molecular complexity index is 542. The van der Waals surface area contributed by atoms with E-state index in [-0.39, 0.29) is 24.5 Å². The fourth-order valence-electron chi connectivity index (χ4n) is 2.74. The lowest BCUT2D eigenvalue weighted by Crippen LogP contribution is -2.36. The minimum Gasteiger partial charge on any atom is -0.474 e. The van der Waals surface area contributed by atoms with E-state index in [1.165, 1.54) is 19.3 Å². The second kappa shape index (κ2) is 9.90. The van der Waals surface area contributed by atoms with Crippen LogP contribution in [0.4, 0.5) is 0 Å². The number of pyridine rings is 1. The Kier molecular flexibility index (Phi) is 7.52. The lowest BCUT2D eigenvalue weighted by molar-refractivity contribution is -0.126. The molecule has 1 aliphatic rings. The molecule has 2 amide bonds. The van der Waals surface area contributed by atoms with Crippen molar-refractivity contribution < 1.29 is 14.3 Å². The van der Waals surface area contributed by atoms with Crippen LogP contribution in [0.25, 0.3) is 0 Å². The zero-order chi connectivity index (χ0) is 17.2. The summed E-state index contributed by atoms with van der Waals surface area (Å²) >= 11 is 0. The van der Waals surface area contributed by atoms with Gasteiger partial charge >= 0.3 is 0 Å². The Labute approximate surface area is 143 Å². The SMILES string of the molecule is CCCC(=O)NCC(=O)NCc1ccnc(OC2CCCCC2)c1. The molecule has 0 unspecified atom stereocenters. The molecule has 0 spiro atoms. The smallest absolute Gasteiger partial charge is 0.239 e. The Balaban J connectivity index is 1.75. The van der Waals surface area contributed by atoms with Crippen molar-refractivity contribution in [3.8, 4) is 5.88 Å². The number of nitrogens with zero attached hydrogens (tertiary/aromatic N) is 1. The summed E-state index contributed by atoms with van der Waals surface area (Å²) in [6.45, 7) is 2.33. The van der Waals surface area contributed by atoms with Crippen LogP contribution in [0, 0.1) is 0 Å². The maximum Gasteiger partial charge on any atom is 0.239 e. The molecule has 0 aromatic carbocycles. The Morgan fingerprint density at radius 3 is 2.75 bits per heavy atom. The van der Waals surface area contributed by atoms with Crippen LogP contribution in [0.2, 0.25) is 0 Å². The van der Waals surface area contributed by atoms with Crippen LogP contribution in [0.1, 0.15) is 57.4 Å². The summed E-state index contributed by atoms with van der Waals surface area (Å²) in [6.07, 6.45) is 9.05. The van der Waals surface area contributed by atoms with Gasteiger partial charge in [-0.05, 0) is 43.7 Å². The zero-order valence-corrected chi connectivity index (χ0v) is 14.3. The summed E-state index contributed by atoms with van der Waals surface area (Å²) < 4.78 is 5.93. The van der Waals surface area contributed by atoms with Gasteiger partial charge in [-0.3, -0.25) is 9.59 Å². The van der Waals surface area contributed by atoms with Gasteiger partial charge in [0.1, 0.15) is 6.10 Å². The van der Waals surface area contributed by atoms with Crippen molar-refractivity contribution in [2.45, 2.75) is 64.5 Å². The molecule has 6 heteroatoms. The molecule has 1 aromatic rings. The number of nitrogens with one attached hydrogen (secondary N) is 2. The summed E-state index contributed by atoms with van der Waals surface area (Å²) in [7, 11) is 0. The van der Waals surface area contributed by atoms with Gasteiger partial charge in [-0.25, -0.2) is 4.98 Å². The van der Waals surface area contributed by atoms with Crippen LogP contribution in [0.3, 0.4) is 0 Å². The van der Waals surface area contributed by atoms with E-state index in [1.807, 2.05) is 19.1 Å². The van der Waals surface area contributed by atoms with Gasteiger partial charge in [-0.1, -0.05) is 13.3 Å². The minimum absolute atomic E-state index is 0.00927. The monoisotopic (exact) mass is 333 g/mol. The first-order valence-corrected chi connectivity index (χ1v) is 8.82. The maximum absolute atomic E-state index is 11.8. The maximum atomic E-state index is 11.8. The number of carbonyl (C=O) groups excluding carboxylic acids is 2. The molecule has 24 heavy (non-hydrogen) atoms. The molecule has 1 aromatic heterocycles. The molecular weight excluding hydrogens is 306 g/mol. The number of ether oxygens (including phenoxy) is 1. The van der Waals surface area contributed by atoms with Crippen LogP contribution in [-0.4, -0.2) is 29.4 Å². The highest BCUT2D eigenvalue weighted by Gasteiger charge is 2.15. The van der Waals surface area contributed by atoms with E-state index < -0.39 is 0 Å². The van der Waals surface area contributed by atoms with Crippen molar-refractivity contribution in [2.24, 2.45) is 0 Å². The summed E-state index contributed by atoms with van der Waals surface area (Å²) in [5.74, 6) is 0.315. The number of hydrogen-bond donors (Lipinski definition) is 2. The van der Waals surface area contributed by atoms with Gasteiger partial charge in [-0.15, -0.1) is 0 Å². The molecule has 1 saturated carbocycles. The van der Waals surface area contributed by atoms with Crippen LogP contribution in [-0.2, 0) is 16.1 Å². The van der Waals surface area contributed by atoms with E-state index in [1.54, 1.807) is 6.20 Å². The Morgan fingerprint density at radius 1 is 1.21 bits per heavy atom. The predicted octanol–water partition coefficient (Wildman–Crippen LogP) is 2.33. The van der Waals surface area contributed by atoms with Gasteiger partial charge in [0, 0.05) is 25.2 Å². The molecule has 0 saturated heterocycles. The minimum atomic E-state index is -0.203. The summed E-state index contributed by atoms with van der Waals surface area (Å²) in [6, 6.07) is 3.72. The fourth-order valence-corrected chi connectivity index (χ4v) is 2.74. The molecule has 1 fully saturated rings. The van der Waals surface area contributed by atoms with Crippen molar-refractivity contribution in [1.29, 1.82) is 0 Å². The second-order valence-electron chi connectivity index (χ2n) is 6.18. The first-order valence-electron chi connectivity index (χ1n) is 8.82. The van der Waals surface area contributed by atoms with Crippen molar-refractivity contribution in [3.63, 3.8) is 0 Å². The molecule has 2 N–H and O–H groups in total. The molecule has 2 rings (SSSR count). The van der Waals surface area contributed by atoms with E-state index in [9.17, 15) is 9.59 Å². The third-order valence-electron chi connectivity index (χ3n) is 4.05. The summed E-state index contributed by atoms with van der Waals surface area (Å²) in [5.41, 5.74) is 0.934. The zero-order valence-electron chi connectivity index (χ0n) is 14.3. The molecule has 132 valence electrons. The lowest BCUT2D eigenvalue weighted by Gasteiger charge is -2.22. The van der Waals surface area contributed by atoms with Crippen molar-refractivity contribution in [3.05, 3.63) is 23.9 Å². The average Bonchev–Trinajstić information content (AvgIpc) is 2.60. The van der Waals surface area contributed by atoms with E-state index in [0.717, 1.165) is 24.8 Å². The van der Waals surface area contributed by atoms with Gasteiger partial charge in [0.05, 0.1) is 6.54 Å². The summed E-state index contributed by atoms with van der Waals surface area (Å²) in [5, 5.41) is 5.39. The molecule has 0 bridgehead atoms. The molecule has 0 radical (unpaired) electrons. The van der Waals surface area contributed by atoms with Gasteiger partial charge in [0.15, 0.2) is 0 Å². The van der Waals surface area contributed by atoms with Gasteiger partial charge in [0.25, 0.3) is 0 Å². The highest BCUT2D eigenvalue weighted by Crippen LogP contribution is 2.22. The first kappa shape index (κ1) is 18.2. The molecule has 0 aliphatic heterocycles.